The number of aliphatic carboxylic acids is 1. The molecule has 0 saturated heterocycles. The molecule has 6 nitrogen and oxygen atoms in total. The van der Waals surface area contributed by atoms with Crippen molar-refractivity contribution < 1.29 is 24.2 Å². The highest BCUT2D eigenvalue weighted by Crippen LogP contribution is 2.58. The number of carbonyl (C=O) groups excluding carboxylic acids is 1. The quantitative estimate of drug-likeness (QED) is 0.922. The molecule has 1 amide bonds. The molecule has 22 heavy (non-hydrogen) atoms. The fourth-order valence-corrected chi connectivity index (χ4v) is 3.16. The SMILES string of the molecule is CC(C)C1(C(=O)O)CC1C(=O)N(C)c1ccc2c(c1)OCO2. The van der Waals surface area contributed by atoms with Gasteiger partial charge in [-0.15, -0.1) is 0 Å². The van der Waals surface area contributed by atoms with Crippen LogP contribution in [-0.4, -0.2) is 30.8 Å². The minimum absolute atomic E-state index is 0.0795. The summed E-state index contributed by atoms with van der Waals surface area (Å²) in [6.07, 6.45) is 0.397. The summed E-state index contributed by atoms with van der Waals surface area (Å²) in [5, 5.41) is 9.47. The monoisotopic (exact) mass is 305 g/mol. The van der Waals surface area contributed by atoms with Crippen LogP contribution in [0.15, 0.2) is 18.2 Å². The van der Waals surface area contributed by atoms with Gasteiger partial charge in [0.15, 0.2) is 11.5 Å². The van der Waals surface area contributed by atoms with Crippen molar-refractivity contribution >= 4 is 17.6 Å². The lowest BCUT2D eigenvalue weighted by Crippen LogP contribution is -2.34. The zero-order chi connectivity index (χ0) is 16.1. The smallest absolute Gasteiger partial charge is 0.310 e. The lowest BCUT2D eigenvalue weighted by atomic mass is 9.89. The molecule has 1 aromatic rings. The van der Waals surface area contributed by atoms with Crippen LogP contribution < -0.4 is 14.4 Å². The van der Waals surface area contributed by atoms with E-state index >= 15 is 0 Å². The summed E-state index contributed by atoms with van der Waals surface area (Å²) in [4.78, 5) is 25.7. The number of carboxylic acids is 1. The van der Waals surface area contributed by atoms with Gasteiger partial charge in [0.1, 0.15) is 0 Å². The molecule has 1 aromatic carbocycles. The van der Waals surface area contributed by atoms with Crippen LogP contribution in [0.25, 0.3) is 0 Å². The first-order chi connectivity index (χ1) is 10.4. The average Bonchev–Trinajstić information content (AvgIpc) is 3.09. The van der Waals surface area contributed by atoms with Gasteiger partial charge in [-0.25, -0.2) is 0 Å². The van der Waals surface area contributed by atoms with Crippen molar-refractivity contribution in [3.05, 3.63) is 18.2 Å². The Morgan fingerprint density at radius 3 is 2.59 bits per heavy atom. The van der Waals surface area contributed by atoms with Crippen molar-refractivity contribution in [2.24, 2.45) is 17.3 Å². The number of rotatable bonds is 4. The highest BCUT2D eigenvalue weighted by molar-refractivity contribution is 6.01. The molecular formula is C16H19NO5. The van der Waals surface area contributed by atoms with E-state index in [9.17, 15) is 14.7 Å². The second-order valence-corrected chi connectivity index (χ2v) is 6.19. The third-order valence-electron chi connectivity index (χ3n) is 4.80. The first kappa shape index (κ1) is 14.7. The van der Waals surface area contributed by atoms with Crippen molar-refractivity contribution in [1.82, 2.24) is 0 Å². The Hall–Kier alpha value is -2.24. The van der Waals surface area contributed by atoms with Crippen LogP contribution in [-0.2, 0) is 9.59 Å². The predicted molar refractivity (Wildman–Crippen MR) is 79.0 cm³/mol. The lowest BCUT2D eigenvalue weighted by Gasteiger charge is -2.21. The van der Waals surface area contributed by atoms with Crippen LogP contribution in [0, 0.1) is 17.3 Å². The summed E-state index contributed by atoms with van der Waals surface area (Å²) < 4.78 is 10.6. The zero-order valence-corrected chi connectivity index (χ0v) is 12.8. The second kappa shape index (κ2) is 4.90. The molecule has 0 aromatic heterocycles. The van der Waals surface area contributed by atoms with E-state index < -0.39 is 17.3 Å². The number of amides is 1. The van der Waals surface area contributed by atoms with Gasteiger partial charge < -0.3 is 19.5 Å². The molecule has 6 heteroatoms. The van der Waals surface area contributed by atoms with Crippen molar-refractivity contribution in [2.45, 2.75) is 20.3 Å². The topological polar surface area (TPSA) is 76.1 Å². The number of hydrogen-bond acceptors (Lipinski definition) is 4. The van der Waals surface area contributed by atoms with E-state index in [1.807, 2.05) is 13.8 Å². The Morgan fingerprint density at radius 2 is 2.00 bits per heavy atom. The second-order valence-electron chi connectivity index (χ2n) is 6.19. The molecular weight excluding hydrogens is 286 g/mol. The zero-order valence-electron chi connectivity index (χ0n) is 12.8. The maximum Gasteiger partial charge on any atom is 0.310 e. The van der Waals surface area contributed by atoms with Gasteiger partial charge in [-0.3, -0.25) is 9.59 Å². The van der Waals surface area contributed by atoms with E-state index in [1.54, 1.807) is 25.2 Å². The predicted octanol–water partition coefficient (Wildman–Crippen LogP) is 2.12. The number of nitrogens with zero attached hydrogens (tertiary/aromatic N) is 1. The summed E-state index contributed by atoms with van der Waals surface area (Å²) in [7, 11) is 1.66. The van der Waals surface area contributed by atoms with Crippen LogP contribution in [0.3, 0.4) is 0 Å². The average molecular weight is 305 g/mol. The van der Waals surface area contributed by atoms with E-state index in [-0.39, 0.29) is 18.6 Å². The fraction of sp³-hybridized carbons (Fsp3) is 0.500. The van der Waals surface area contributed by atoms with E-state index in [1.165, 1.54) is 4.90 Å². The molecule has 2 aliphatic rings. The van der Waals surface area contributed by atoms with Gasteiger partial charge >= 0.3 is 5.97 Å². The number of carbonyl (C=O) groups is 2. The molecule has 2 unspecified atom stereocenters. The van der Waals surface area contributed by atoms with Gasteiger partial charge in [0, 0.05) is 18.8 Å². The van der Waals surface area contributed by atoms with Gasteiger partial charge in [-0.1, -0.05) is 13.8 Å². The minimum Gasteiger partial charge on any atom is -0.481 e. The molecule has 3 rings (SSSR count). The first-order valence-electron chi connectivity index (χ1n) is 7.28. The van der Waals surface area contributed by atoms with E-state index in [2.05, 4.69) is 0 Å². The largest absolute Gasteiger partial charge is 0.481 e. The van der Waals surface area contributed by atoms with E-state index in [4.69, 9.17) is 9.47 Å². The van der Waals surface area contributed by atoms with Gasteiger partial charge in [-0.2, -0.15) is 0 Å². The van der Waals surface area contributed by atoms with Crippen molar-refractivity contribution in [1.29, 1.82) is 0 Å². The van der Waals surface area contributed by atoms with Crippen molar-refractivity contribution in [3.8, 4) is 11.5 Å². The lowest BCUT2D eigenvalue weighted by molar-refractivity contribution is -0.147. The third kappa shape index (κ3) is 2.01. The maximum atomic E-state index is 12.6. The summed E-state index contributed by atoms with van der Waals surface area (Å²) in [6.45, 7) is 3.87. The van der Waals surface area contributed by atoms with Gasteiger partial charge in [-0.05, 0) is 24.5 Å². The molecule has 1 aliphatic heterocycles. The number of benzene rings is 1. The number of anilines is 1. The first-order valence-corrected chi connectivity index (χ1v) is 7.28. The Bertz CT molecular complexity index is 641. The normalized spacial score (nSPS) is 25.2. The molecule has 0 radical (unpaired) electrons. The molecule has 1 heterocycles. The molecule has 2 atom stereocenters. The number of ether oxygens (including phenoxy) is 2. The van der Waals surface area contributed by atoms with Gasteiger partial charge in [0.25, 0.3) is 0 Å². The molecule has 0 bridgehead atoms. The fourth-order valence-electron chi connectivity index (χ4n) is 3.16. The van der Waals surface area contributed by atoms with Crippen LogP contribution in [0.4, 0.5) is 5.69 Å². The van der Waals surface area contributed by atoms with Crippen LogP contribution in [0.2, 0.25) is 0 Å². The Kier molecular flexibility index (Phi) is 3.27. The Labute approximate surface area is 128 Å². The maximum absolute atomic E-state index is 12.6. The summed E-state index contributed by atoms with van der Waals surface area (Å²) in [6, 6.07) is 5.26. The van der Waals surface area contributed by atoms with Gasteiger partial charge in [0.05, 0.1) is 11.3 Å². The molecule has 1 saturated carbocycles. The summed E-state index contributed by atoms with van der Waals surface area (Å²) >= 11 is 0. The highest BCUT2D eigenvalue weighted by atomic mass is 16.7. The van der Waals surface area contributed by atoms with E-state index in [0.29, 0.717) is 23.6 Å². The minimum atomic E-state index is -0.929. The number of carboxylic acid groups (broad SMARTS) is 1. The van der Waals surface area contributed by atoms with E-state index in [0.717, 1.165) is 0 Å². The molecule has 1 N–H and O–H groups in total. The number of fused-ring (bicyclic) bond motifs is 1. The molecule has 0 spiro atoms. The summed E-state index contributed by atoms with van der Waals surface area (Å²) in [5.41, 5.74) is -0.258. The Balaban J connectivity index is 1.80. The molecule has 1 aliphatic carbocycles. The van der Waals surface area contributed by atoms with Crippen molar-refractivity contribution in [3.63, 3.8) is 0 Å². The standard InChI is InChI=1S/C16H19NO5/c1-9(2)16(15(19)20)7-11(16)14(18)17(3)10-4-5-12-13(6-10)22-8-21-12/h4-6,9,11H,7-8H2,1-3H3,(H,19,20). The van der Waals surface area contributed by atoms with Crippen molar-refractivity contribution in [2.75, 3.05) is 18.7 Å². The highest BCUT2D eigenvalue weighted by Gasteiger charge is 2.66. The number of hydrogen-bond donors (Lipinski definition) is 1. The van der Waals surface area contributed by atoms with Gasteiger partial charge in [0.2, 0.25) is 12.7 Å². The molecule has 118 valence electrons. The third-order valence-corrected chi connectivity index (χ3v) is 4.80. The molecule has 1 fully saturated rings. The van der Waals surface area contributed by atoms with Crippen LogP contribution in [0.5, 0.6) is 11.5 Å². The van der Waals surface area contributed by atoms with Crippen LogP contribution in [0.1, 0.15) is 20.3 Å². The Morgan fingerprint density at radius 1 is 1.32 bits per heavy atom. The van der Waals surface area contributed by atoms with Crippen LogP contribution >= 0.6 is 0 Å². The summed E-state index contributed by atoms with van der Waals surface area (Å²) in [5.74, 6) is -0.362.